The van der Waals surface area contributed by atoms with E-state index in [1.54, 1.807) is 6.92 Å². The summed E-state index contributed by atoms with van der Waals surface area (Å²) in [6.45, 7) is 3.78. The zero-order valence-corrected chi connectivity index (χ0v) is 20.2. The van der Waals surface area contributed by atoms with Crippen LogP contribution >= 0.6 is 0 Å². The Kier molecular flexibility index (Phi) is 6.56. The molecule has 2 fully saturated rings. The minimum Gasteiger partial charge on any atom is -0.368 e. The maximum atomic E-state index is 14.4. The molecule has 0 bridgehead atoms. The quantitative estimate of drug-likeness (QED) is 0.537. The number of nitrogens with one attached hydrogen (secondary N) is 2. The minimum atomic E-state index is -0.785. The maximum Gasteiger partial charge on any atom is 0.255 e. The van der Waals surface area contributed by atoms with E-state index in [4.69, 9.17) is 5.26 Å². The minimum absolute atomic E-state index is 0.0291. The van der Waals surface area contributed by atoms with Crippen LogP contribution in [0.4, 0.5) is 18.9 Å². The van der Waals surface area contributed by atoms with E-state index >= 15 is 0 Å². The monoisotopic (exact) mass is 506 g/mol. The zero-order chi connectivity index (χ0) is 26.2. The molecule has 3 aromatic rings. The van der Waals surface area contributed by atoms with Gasteiger partial charge < -0.3 is 15.5 Å². The number of hydrogen-bond donors (Lipinski definition) is 2. The van der Waals surface area contributed by atoms with Crippen molar-refractivity contribution in [2.24, 2.45) is 0 Å². The van der Waals surface area contributed by atoms with Gasteiger partial charge in [0.25, 0.3) is 5.91 Å². The van der Waals surface area contributed by atoms with E-state index in [1.807, 2.05) is 6.07 Å². The number of halogens is 3. The molecular formula is C27H25F3N6O. The first kappa shape index (κ1) is 24.7. The number of anilines is 1. The predicted molar refractivity (Wildman–Crippen MR) is 131 cm³/mol. The summed E-state index contributed by atoms with van der Waals surface area (Å²) in [5.74, 6) is -2.64. The van der Waals surface area contributed by atoms with Gasteiger partial charge in [0, 0.05) is 48.2 Å². The number of carbonyl (C=O) groups excluding carboxylic acids is 1. The third-order valence-corrected chi connectivity index (χ3v) is 7.15. The van der Waals surface area contributed by atoms with Gasteiger partial charge in [-0.1, -0.05) is 0 Å². The second kappa shape index (κ2) is 9.82. The second-order valence-electron chi connectivity index (χ2n) is 9.62. The molecule has 1 spiro atoms. The number of nitriles is 1. The average Bonchev–Trinajstić information content (AvgIpc) is 3.52. The van der Waals surface area contributed by atoms with Gasteiger partial charge >= 0.3 is 0 Å². The van der Waals surface area contributed by atoms with E-state index in [9.17, 15) is 18.0 Å². The summed E-state index contributed by atoms with van der Waals surface area (Å²) in [5, 5.41) is 15.5. The van der Waals surface area contributed by atoms with Crippen LogP contribution < -0.4 is 15.5 Å². The summed E-state index contributed by atoms with van der Waals surface area (Å²) in [6, 6.07) is 5.59. The molecular weight excluding hydrogens is 481 g/mol. The third-order valence-electron chi connectivity index (χ3n) is 7.15. The number of nitrogens with zero attached hydrogens (tertiary/aromatic N) is 4. The molecule has 1 amide bonds. The van der Waals surface area contributed by atoms with E-state index < -0.39 is 29.4 Å². The standard InChI is InChI=1S/C27H25F3N6O/c1-16(21-10-20(11-31)33-14-24(21)30)35-26(37)23-13-32-12-22(17-7-18(28)9-19(29)8-17)25(23)36-6-4-27(15-36)3-2-5-34-27/h7-10,12-14,16,34H,2-6,15H2,1H3,(H,35,37)/t16-,27+/m1/s1. The lowest BCUT2D eigenvalue weighted by molar-refractivity contribution is 0.0939. The molecule has 0 aliphatic carbocycles. The van der Waals surface area contributed by atoms with Crippen LogP contribution in [0.15, 0.2) is 42.9 Å². The summed E-state index contributed by atoms with van der Waals surface area (Å²) in [7, 11) is 0. The van der Waals surface area contributed by atoms with Crippen LogP contribution in [-0.4, -0.2) is 41.0 Å². The second-order valence-corrected chi connectivity index (χ2v) is 9.62. The van der Waals surface area contributed by atoms with Crippen molar-refractivity contribution in [3.05, 3.63) is 77.1 Å². The fourth-order valence-electron chi connectivity index (χ4n) is 5.36. The van der Waals surface area contributed by atoms with Crippen LogP contribution in [0.5, 0.6) is 0 Å². The fourth-order valence-corrected chi connectivity index (χ4v) is 5.36. The Morgan fingerprint density at radius 1 is 1.16 bits per heavy atom. The van der Waals surface area contributed by atoms with Gasteiger partial charge in [-0.3, -0.25) is 9.78 Å². The van der Waals surface area contributed by atoms with E-state index in [0.29, 0.717) is 24.3 Å². The van der Waals surface area contributed by atoms with Crippen LogP contribution in [0.2, 0.25) is 0 Å². The fraction of sp³-hybridized carbons (Fsp3) is 0.333. The molecule has 10 heteroatoms. The van der Waals surface area contributed by atoms with E-state index in [0.717, 1.165) is 38.1 Å². The Morgan fingerprint density at radius 2 is 1.95 bits per heavy atom. The van der Waals surface area contributed by atoms with Gasteiger partial charge in [-0.2, -0.15) is 5.26 Å². The van der Waals surface area contributed by atoms with Gasteiger partial charge in [-0.05, 0) is 56.5 Å². The molecule has 37 heavy (non-hydrogen) atoms. The summed E-state index contributed by atoms with van der Waals surface area (Å²) >= 11 is 0. The van der Waals surface area contributed by atoms with Crippen molar-refractivity contribution < 1.29 is 18.0 Å². The highest BCUT2D eigenvalue weighted by molar-refractivity contribution is 6.03. The predicted octanol–water partition coefficient (Wildman–Crippen LogP) is 4.26. The van der Waals surface area contributed by atoms with Crippen molar-refractivity contribution in [3.63, 3.8) is 0 Å². The number of pyridine rings is 2. The Morgan fingerprint density at radius 3 is 2.65 bits per heavy atom. The van der Waals surface area contributed by atoms with E-state index in [1.165, 1.54) is 30.6 Å². The summed E-state index contributed by atoms with van der Waals surface area (Å²) in [5.41, 5.74) is 1.48. The smallest absolute Gasteiger partial charge is 0.255 e. The van der Waals surface area contributed by atoms with Gasteiger partial charge in [-0.15, -0.1) is 0 Å². The molecule has 0 saturated carbocycles. The van der Waals surface area contributed by atoms with Crippen LogP contribution in [0.25, 0.3) is 11.1 Å². The molecule has 2 aliphatic heterocycles. The highest BCUT2D eigenvalue weighted by Gasteiger charge is 2.41. The SMILES string of the molecule is C[C@@H](NC(=O)c1cncc(-c2cc(F)cc(F)c2)c1N1CC[C@@]2(CCCN2)C1)c1cc(C#N)ncc1F. The van der Waals surface area contributed by atoms with Gasteiger partial charge in [-0.25, -0.2) is 18.2 Å². The molecule has 2 atom stereocenters. The lowest BCUT2D eigenvalue weighted by Crippen LogP contribution is -2.42. The van der Waals surface area contributed by atoms with Gasteiger partial charge in [0.2, 0.25) is 0 Å². The molecule has 0 radical (unpaired) electrons. The first-order chi connectivity index (χ1) is 17.8. The highest BCUT2D eigenvalue weighted by atomic mass is 19.1. The van der Waals surface area contributed by atoms with Crippen molar-refractivity contribution in [1.82, 2.24) is 20.6 Å². The van der Waals surface area contributed by atoms with Crippen LogP contribution in [0.1, 0.15) is 53.8 Å². The first-order valence-electron chi connectivity index (χ1n) is 12.1. The number of aromatic nitrogens is 2. The highest BCUT2D eigenvalue weighted by Crippen LogP contribution is 2.40. The van der Waals surface area contributed by atoms with Gasteiger partial charge in [0.05, 0.1) is 23.5 Å². The van der Waals surface area contributed by atoms with E-state index in [-0.39, 0.29) is 27.9 Å². The van der Waals surface area contributed by atoms with Crippen molar-refractivity contribution >= 4 is 11.6 Å². The number of amides is 1. The van der Waals surface area contributed by atoms with Crippen molar-refractivity contribution in [2.75, 3.05) is 24.5 Å². The summed E-state index contributed by atoms with van der Waals surface area (Å²) in [4.78, 5) is 23.5. The molecule has 2 aromatic heterocycles. The average molecular weight is 507 g/mol. The molecule has 2 N–H and O–H groups in total. The molecule has 2 saturated heterocycles. The Labute approximate surface area is 212 Å². The molecule has 4 heterocycles. The maximum absolute atomic E-state index is 14.4. The molecule has 190 valence electrons. The normalized spacial score (nSPS) is 19.7. The lowest BCUT2D eigenvalue weighted by atomic mass is 9.96. The van der Waals surface area contributed by atoms with Crippen LogP contribution in [-0.2, 0) is 0 Å². The Hall–Kier alpha value is -3.97. The number of carbonyl (C=O) groups is 1. The molecule has 2 aliphatic rings. The Bertz CT molecular complexity index is 1380. The molecule has 1 aromatic carbocycles. The third kappa shape index (κ3) is 4.87. The lowest BCUT2D eigenvalue weighted by Gasteiger charge is -2.28. The van der Waals surface area contributed by atoms with Crippen molar-refractivity contribution in [1.29, 1.82) is 5.26 Å². The summed E-state index contributed by atoms with van der Waals surface area (Å²) < 4.78 is 42.8. The zero-order valence-electron chi connectivity index (χ0n) is 20.2. The van der Waals surface area contributed by atoms with E-state index in [2.05, 4.69) is 25.5 Å². The van der Waals surface area contributed by atoms with Crippen molar-refractivity contribution in [3.8, 4) is 17.2 Å². The topological polar surface area (TPSA) is 93.9 Å². The molecule has 5 rings (SSSR count). The number of rotatable bonds is 5. The van der Waals surface area contributed by atoms with Gasteiger partial charge in [0.15, 0.2) is 0 Å². The number of benzene rings is 1. The number of hydrogen-bond acceptors (Lipinski definition) is 6. The van der Waals surface area contributed by atoms with Crippen LogP contribution in [0, 0.1) is 28.8 Å². The van der Waals surface area contributed by atoms with Crippen LogP contribution in [0.3, 0.4) is 0 Å². The summed E-state index contributed by atoms with van der Waals surface area (Å²) in [6.07, 6.45) is 6.77. The Balaban J connectivity index is 1.55. The first-order valence-corrected chi connectivity index (χ1v) is 12.1. The van der Waals surface area contributed by atoms with Crippen molar-refractivity contribution in [2.45, 2.75) is 37.8 Å². The molecule has 0 unspecified atom stereocenters. The molecule has 7 nitrogen and oxygen atoms in total. The largest absolute Gasteiger partial charge is 0.368 e. The van der Waals surface area contributed by atoms with Gasteiger partial charge in [0.1, 0.15) is 29.2 Å².